The third-order valence-corrected chi connectivity index (χ3v) is 2.75. The normalized spacial score (nSPS) is 16.7. The SMILES string of the molecule is O=C(CNCCCOCCO)NC1CCOCC1. The fourth-order valence-corrected chi connectivity index (χ4v) is 1.79. The van der Waals surface area contributed by atoms with Crippen LogP contribution in [0.2, 0.25) is 0 Å². The number of nitrogens with one attached hydrogen (secondary N) is 2. The van der Waals surface area contributed by atoms with Crippen molar-refractivity contribution in [2.45, 2.75) is 25.3 Å². The molecular weight excluding hydrogens is 236 g/mol. The Bertz CT molecular complexity index is 220. The van der Waals surface area contributed by atoms with E-state index in [0.29, 0.717) is 19.8 Å². The van der Waals surface area contributed by atoms with Gasteiger partial charge < -0.3 is 25.2 Å². The monoisotopic (exact) mass is 260 g/mol. The lowest BCUT2D eigenvalue weighted by Gasteiger charge is -2.23. The van der Waals surface area contributed by atoms with Crippen molar-refractivity contribution in [2.24, 2.45) is 0 Å². The molecule has 106 valence electrons. The lowest BCUT2D eigenvalue weighted by atomic mass is 10.1. The Morgan fingerprint density at radius 1 is 1.33 bits per heavy atom. The number of hydrogen-bond acceptors (Lipinski definition) is 5. The molecule has 1 rings (SSSR count). The number of hydrogen-bond donors (Lipinski definition) is 3. The first-order valence-electron chi connectivity index (χ1n) is 6.59. The molecule has 0 bridgehead atoms. The Labute approximate surface area is 108 Å². The molecule has 3 N–H and O–H groups in total. The topological polar surface area (TPSA) is 79.8 Å². The molecule has 0 unspecified atom stereocenters. The van der Waals surface area contributed by atoms with E-state index in [2.05, 4.69) is 10.6 Å². The second-order valence-corrected chi connectivity index (χ2v) is 4.32. The number of aliphatic hydroxyl groups is 1. The summed E-state index contributed by atoms with van der Waals surface area (Å²) in [4.78, 5) is 11.6. The largest absolute Gasteiger partial charge is 0.394 e. The summed E-state index contributed by atoms with van der Waals surface area (Å²) >= 11 is 0. The molecule has 0 aliphatic carbocycles. The second kappa shape index (κ2) is 10.3. The maximum Gasteiger partial charge on any atom is 0.234 e. The minimum Gasteiger partial charge on any atom is -0.394 e. The molecule has 0 aromatic heterocycles. The highest BCUT2D eigenvalue weighted by molar-refractivity contribution is 5.78. The van der Waals surface area contributed by atoms with E-state index in [4.69, 9.17) is 14.6 Å². The van der Waals surface area contributed by atoms with Gasteiger partial charge in [0.25, 0.3) is 0 Å². The average molecular weight is 260 g/mol. The quantitative estimate of drug-likeness (QED) is 0.476. The Kier molecular flexibility index (Phi) is 8.75. The highest BCUT2D eigenvalue weighted by atomic mass is 16.5. The number of ether oxygens (including phenoxy) is 2. The van der Waals surface area contributed by atoms with Crippen molar-refractivity contribution in [3.63, 3.8) is 0 Å². The van der Waals surface area contributed by atoms with Crippen molar-refractivity contribution in [3.05, 3.63) is 0 Å². The highest BCUT2D eigenvalue weighted by Gasteiger charge is 2.15. The summed E-state index contributed by atoms with van der Waals surface area (Å²) in [5.41, 5.74) is 0. The van der Waals surface area contributed by atoms with Crippen LogP contribution in [-0.2, 0) is 14.3 Å². The van der Waals surface area contributed by atoms with Gasteiger partial charge in [-0.15, -0.1) is 0 Å². The second-order valence-electron chi connectivity index (χ2n) is 4.32. The Hall–Kier alpha value is -0.690. The van der Waals surface area contributed by atoms with E-state index in [-0.39, 0.29) is 18.6 Å². The molecule has 1 fully saturated rings. The molecule has 0 spiro atoms. The van der Waals surface area contributed by atoms with Gasteiger partial charge in [0.2, 0.25) is 5.91 Å². The minimum absolute atomic E-state index is 0.0400. The highest BCUT2D eigenvalue weighted by Crippen LogP contribution is 2.05. The smallest absolute Gasteiger partial charge is 0.234 e. The van der Waals surface area contributed by atoms with Crippen LogP contribution in [-0.4, -0.2) is 63.2 Å². The van der Waals surface area contributed by atoms with Crippen molar-refractivity contribution < 1.29 is 19.4 Å². The lowest BCUT2D eigenvalue weighted by Crippen LogP contribution is -2.43. The first kappa shape index (κ1) is 15.4. The van der Waals surface area contributed by atoms with Gasteiger partial charge >= 0.3 is 0 Å². The fraction of sp³-hybridized carbons (Fsp3) is 0.917. The summed E-state index contributed by atoms with van der Waals surface area (Å²) < 4.78 is 10.3. The van der Waals surface area contributed by atoms with Crippen LogP contribution in [0.4, 0.5) is 0 Å². The average Bonchev–Trinajstić information content (AvgIpc) is 2.39. The van der Waals surface area contributed by atoms with Gasteiger partial charge in [0.05, 0.1) is 19.8 Å². The number of carbonyl (C=O) groups excluding carboxylic acids is 1. The molecule has 0 atom stereocenters. The zero-order chi connectivity index (χ0) is 13.1. The molecule has 1 aliphatic heterocycles. The van der Waals surface area contributed by atoms with Crippen LogP contribution in [0.3, 0.4) is 0 Å². The van der Waals surface area contributed by atoms with E-state index in [1.165, 1.54) is 0 Å². The number of amides is 1. The summed E-state index contributed by atoms with van der Waals surface area (Å²) in [5, 5.41) is 14.5. The first-order valence-corrected chi connectivity index (χ1v) is 6.59. The Morgan fingerprint density at radius 3 is 2.83 bits per heavy atom. The van der Waals surface area contributed by atoms with E-state index in [1.54, 1.807) is 0 Å². The van der Waals surface area contributed by atoms with Crippen molar-refractivity contribution in [1.29, 1.82) is 0 Å². The van der Waals surface area contributed by atoms with Crippen molar-refractivity contribution in [1.82, 2.24) is 10.6 Å². The first-order chi connectivity index (χ1) is 8.83. The maximum absolute atomic E-state index is 11.6. The van der Waals surface area contributed by atoms with Gasteiger partial charge in [-0.2, -0.15) is 0 Å². The molecular formula is C12H24N2O4. The van der Waals surface area contributed by atoms with E-state index >= 15 is 0 Å². The van der Waals surface area contributed by atoms with Crippen LogP contribution in [0.5, 0.6) is 0 Å². The standard InChI is InChI=1S/C12H24N2O4/c15-5-9-17-6-1-4-13-10-12(16)14-11-2-7-18-8-3-11/h11,13,15H,1-10H2,(H,14,16). The summed E-state index contributed by atoms with van der Waals surface area (Å²) in [6.07, 6.45) is 2.64. The van der Waals surface area contributed by atoms with Crippen molar-refractivity contribution >= 4 is 5.91 Å². The number of rotatable bonds is 9. The zero-order valence-corrected chi connectivity index (χ0v) is 10.8. The van der Waals surface area contributed by atoms with E-state index < -0.39 is 0 Å². The lowest BCUT2D eigenvalue weighted by molar-refractivity contribution is -0.121. The fourth-order valence-electron chi connectivity index (χ4n) is 1.79. The summed E-state index contributed by atoms with van der Waals surface area (Å²) in [5.74, 6) is 0.0400. The predicted molar refractivity (Wildman–Crippen MR) is 67.4 cm³/mol. The molecule has 0 aromatic rings. The zero-order valence-electron chi connectivity index (χ0n) is 10.8. The predicted octanol–water partition coefficient (Wildman–Crippen LogP) is -0.730. The van der Waals surface area contributed by atoms with Crippen LogP contribution < -0.4 is 10.6 Å². The van der Waals surface area contributed by atoms with Gasteiger partial charge in [-0.3, -0.25) is 4.79 Å². The molecule has 1 amide bonds. The van der Waals surface area contributed by atoms with Crippen LogP contribution in [0.15, 0.2) is 0 Å². The Balaban J connectivity index is 1.90. The molecule has 6 nitrogen and oxygen atoms in total. The van der Waals surface area contributed by atoms with Crippen molar-refractivity contribution in [3.8, 4) is 0 Å². The molecule has 1 heterocycles. The molecule has 0 radical (unpaired) electrons. The third kappa shape index (κ3) is 7.60. The third-order valence-electron chi connectivity index (χ3n) is 2.75. The van der Waals surface area contributed by atoms with Gasteiger partial charge in [-0.25, -0.2) is 0 Å². The van der Waals surface area contributed by atoms with E-state index in [1.807, 2.05) is 0 Å². The number of aliphatic hydroxyl groups excluding tert-OH is 1. The summed E-state index contributed by atoms with van der Waals surface area (Å²) in [6.45, 7) is 3.60. The van der Waals surface area contributed by atoms with Gasteiger partial charge in [0.1, 0.15) is 0 Å². The molecule has 18 heavy (non-hydrogen) atoms. The van der Waals surface area contributed by atoms with Gasteiger partial charge in [-0.1, -0.05) is 0 Å². The Morgan fingerprint density at radius 2 is 2.11 bits per heavy atom. The van der Waals surface area contributed by atoms with Crippen LogP contribution in [0.25, 0.3) is 0 Å². The molecule has 6 heteroatoms. The van der Waals surface area contributed by atoms with Crippen molar-refractivity contribution in [2.75, 3.05) is 46.1 Å². The van der Waals surface area contributed by atoms with Crippen LogP contribution >= 0.6 is 0 Å². The number of carbonyl (C=O) groups is 1. The summed E-state index contributed by atoms with van der Waals surface area (Å²) in [7, 11) is 0. The molecule has 1 saturated heterocycles. The van der Waals surface area contributed by atoms with Gasteiger partial charge in [-0.05, 0) is 25.8 Å². The maximum atomic E-state index is 11.6. The van der Waals surface area contributed by atoms with Gasteiger partial charge in [0, 0.05) is 25.9 Å². The van der Waals surface area contributed by atoms with E-state index in [0.717, 1.165) is 39.0 Å². The molecule has 1 aliphatic rings. The van der Waals surface area contributed by atoms with Crippen LogP contribution in [0, 0.1) is 0 Å². The van der Waals surface area contributed by atoms with E-state index in [9.17, 15) is 4.79 Å². The van der Waals surface area contributed by atoms with Gasteiger partial charge in [0.15, 0.2) is 0 Å². The minimum atomic E-state index is 0.0400. The molecule has 0 aromatic carbocycles. The summed E-state index contributed by atoms with van der Waals surface area (Å²) in [6, 6.07) is 0.265. The molecule has 0 saturated carbocycles. The van der Waals surface area contributed by atoms with Crippen LogP contribution in [0.1, 0.15) is 19.3 Å².